The molecule has 56 valence electrons. The Morgan fingerprint density at radius 1 is 1.36 bits per heavy atom. The first-order valence-electron chi connectivity index (χ1n) is 3.96. The Kier molecular flexibility index (Phi) is 1.50. The highest BCUT2D eigenvalue weighted by molar-refractivity contribution is 5.74. The number of hydrogen-bond acceptors (Lipinski definition) is 1. The Morgan fingerprint density at radius 3 is 3.09 bits per heavy atom. The second-order valence-electron chi connectivity index (χ2n) is 3.01. The Balaban J connectivity index is 2.35. The Labute approximate surface area is 66.8 Å². The molecule has 11 heavy (non-hydrogen) atoms. The minimum atomic E-state index is 0.380. The van der Waals surface area contributed by atoms with Crippen LogP contribution in [0, 0.1) is 5.92 Å². The van der Waals surface area contributed by atoms with E-state index in [1.54, 1.807) is 0 Å². The van der Waals surface area contributed by atoms with Crippen molar-refractivity contribution in [3.8, 4) is 0 Å². The molecule has 1 heteroatoms. The van der Waals surface area contributed by atoms with Crippen LogP contribution < -0.4 is 0 Å². The van der Waals surface area contributed by atoms with Crippen molar-refractivity contribution in [1.29, 1.82) is 0 Å². The molecule has 0 bridgehead atoms. The maximum atomic E-state index is 4.40. The number of dihydropyridines is 1. The molecular formula is C10H11N. The predicted molar refractivity (Wildman–Crippen MR) is 47.8 cm³/mol. The molecule has 0 amide bonds. The second kappa shape index (κ2) is 2.50. The third-order valence-corrected chi connectivity index (χ3v) is 2.16. The Morgan fingerprint density at radius 2 is 2.27 bits per heavy atom. The van der Waals surface area contributed by atoms with Gasteiger partial charge in [0.15, 0.2) is 0 Å². The van der Waals surface area contributed by atoms with Crippen molar-refractivity contribution in [3.05, 3.63) is 36.0 Å². The number of fused-ring (bicyclic) bond motifs is 1. The molecule has 0 radical (unpaired) electrons. The Bertz CT molecular complexity index is 269. The van der Waals surface area contributed by atoms with Crippen LogP contribution in [0.4, 0.5) is 0 Å². The third-order valence-electron chi connectivity index (χ3n) is 2.16. The van der Waals surface area contributed by atoms with Crippen molar-refractivity contribution in [2.24, 2.45) is 10.9 Å². The van der Waals surface area contributed by atoms with Crippen LogP contribution in [0.25, 0.3) is 0 Å². The highest BCUT2D eigenvalue weighted by Crippen LogP contribution is 2.24. The summed E-state index contributed by atoms with van der Waals surface area (Å²) in [7, 11) is 0. The minimum Gasteiger partial charge on any atom is -0.284 e. The van der Waals surface area contributed by atoms with E-state index in [-0.39, 0.29) is 0 Å². The average molecular weight is 145 g/mol. The molecule has 0 spiro atoms. The van der Waals surface area contributed by atoms with Crippen molar-refractivity contribution in [2.75, 3.05) is 0 Å². The highest BCUT2D eigenvalue weighted by Gasteiger charge is 2.19. The SMILES string of the molecule is CC1C=CC=C2C=CC=NC21. The zero-order chi connectivity index (χ0) is 7.68. The zero-order valence-electron chi connectivity index (χ0n) is 6.57. The van der Waals surface area contributed by atoms with E-state index < -0.39 is 0 Å². The minimum absolute atomic E-state index is 0.380. The molecule has 0 fully saturated rings. The van der Waals surface area contributed by atoms with E-state index >= 15 is 0 Å². The van der Waals surface area contributed by atoms with Crippen LogP contribution in [0.3, 0.4) is 0 Å². The van der Waals surface area contributed by atoms with Gasteiger partial charge in [-0.25, -0.2) is 0 Å². The fourth-order valence-corrected chi connectivity index (χ4v) is 1.52. The van der Waals surface area contributed by atoms with Crippen LogP contribution in [-0.2, 0) is 0 Å². The molecule has 0 aromatic rings. The summed E-state index contributed by atoms with van der Waals surface area (Å²) in [5.41, 5.74) is 1.34. The number of nitrogens with zero attached hydrogens (tertiary/aromatic N) is 1. The van der Waals surface area contributed by atoms with Crippen LogP contribution in [0.2, 0.25) is 0 Å². The maximum Gasteiger partial charge on any atom is 0.0808 e. The molecule has 0 aromatic heterocycles. The van der Waals surface area contributed by atoms with Gasteiger partial charge < -0.3 is 0 Å². The summed E-state index contributed by atoms with van der Waals surface area (Å²) in [4.78, 5) is 4.40. The molecule has 1 nitrogen and oxygen atoms in total. The lowest BCUT2D eigenvalue weighted by Crippen LogP contribution is -2.19. The summed E-state index contributed by atoms with van der Waals surface area (Å²) in [6.07, 6.45) is 12.5. The van der Waals surface area contributed by atoms with Gasteiger partial charge in [-0.2, -0.15) is 0 Å². The maximum absolute atomic E-state index is 4.40. The second-order valence-corrected chi connectivity index (χ2v) is 3.01. The molecule has 2 atom stereocenters. The molecule has 2 rings (SSSR count). The first-order valence-corrected chi connectivity index (χ1v) is 3.96. The summed E-state index contributed by atoms with van der Waals surface area (Å²) < 4.78 is 0. The molecule has 1 aliphatic carbocycles. The fraction of sp³-hybridized carbons (Fsp3) is 0.300. The summed E-state index contributed by atoms with van der Waals surface area (Å²) in [5.74, 6) is 0.552. The molecule has 2 unspecified atom stereocenters. The summed E-state index contributed by atoms with van der Waals surface area (Å²) in [6.45, 7) is 2.20. The van der Waals surface area contributed by atoms with Crippen LogP contribution in [-0.4, -0.2) is 12.3 Å². The lowest BCUT2D eigenvalue weighted by atomic mass is 9.89. The number of aliphatic imine (C=N–C) groups is 1. The van der Waals surface area contributed by atoms with Crippen molar-refractivity contribution < 1.29 is 0 Å². The molecule has 0 saturated heterocycles. The van der Waals surface area contributed by atoms with Crippen molar-refractivity contribution in [3.63, 3.8) is 0 Å². The van der Waals surface area contributed by atoms with Gasteiger partial charge in [-0.3, -0.25) is 4.99 Å². The van der Waals surface area contributed by atoms with E-state index in [4.69, 9.17) is 0 Å². The topological polar surface area (TPSA) is 12.4 Å². The van der Waals surface area contributed by atoms with E-state index in [9.17, 15) is 0 Å². The predicted octanol–water partition coefficient (Wildman–Crippen LogP) is 2.13. The number of hydrogen-bond donors (Lipinski definition) is 0. The van der Waals surface area contributed by atoms with Gasteiger partial charge in [-0.05, 0) is 11.6 Å². The van der Waals surface area contributed by atoms with Crippen molar-refractivity contribution >= 4 is 6.21 Å². The summed E-state index contributed by atoms with van der Waals surface area (Å²) in [5, 5.41) is 0. The summed E-state index contributed by atoms with van der Waals surface area (Å²) in [6, 6.07) is 0.380. The number of allylic oxidation sites excluding steroid dienone is 3. The Hall–Kier alpha value is -1.11. The normalized spacial score (nSPS) is 33.4. The van der Waals surface area contributed by atoms with Gasteiger partial charge in [-0.15, -0.1) is 0 Å². The first kappa shape index (κ1) is 6.59. The molecule has 0 N–H and O–H groups in total. The van der Waals surface area contributed by atoms with Crippen LogP contribution in [0.5, 0.6) is 0 Å². The van der Waals surface area contributed by atoms with Crippen LogP contribution in [0.1, 0.15) is 6.92 Å². The summed E-state index contributed by atoms with van der Waals surface area (Å²) >= 11 is 0. The van der Waals surface area contributed by atoms with Crippen molar-refractivity contribution in [2.45, 2.75) is 13.0 Å². The van der Waals surface area contributed by atoms with E-state index in [2.05, 4.69) is 36.2 Å². The van der Waals surface area contributed by atoms with Gasteiger partial charge in [0.2, 0.25) is 0 Å². The quantitative estimate of drug-likeness (QED) is 0.495. The molecule has 0 saturated carbocycles. The average Bonchev–Trinajstić information content (AvgIpc) is 2.06. The number of rotatable bonds is 0. The standard InChI is InChI=1S/C10H11N/c1-8-4-2-5-9-6-3-7-11-10(8)9/h2-8,10H,1H3. The first-order chi connectivity index (χ1) is 5.38. The molecular weight excluding hydrogens is 134 g/mol. The lowest BCUT2D eigenvalue weighted by molar-refractivity contribution is 0.608. The molecule has 1 aliphatic heterocycles. The van der Waals surface area contributed by atoms with Gasteiger partial charge in [0.1, 0.15) is 0 Å². The monoisotopic (exact) mass is 145 g/mol. The fourth-order valence-electron chi connectivity index (χ4n) is 1.52. The van der Waals surface area contributed by atoms with E-state index in [0.29, 0.717) is 12.0 Å². The van der Waals surface area contributed by atoms with E-state index in [1.807, 2.05) is 12.3 Å². The van der Waals surface area contributed by atoms with E-state index in [1.165, 1.54) is 5.57 Å². The van der Waals surface area contributed by atoms with Crippen LogP contribution >= 0.6 is 0 Å². The molecule has 1 heterocycles. The van der Waals surface area contributed by atoms with Crippen LogP contribution in [0.15, 0.2) is 40.9 Å². The van der Waals surface area contributed by atoms with Gasteiger partial charge in [0, 0.05) is 12.1 Å². The van der Waals surface area contributed by atoms with Gasteiger partial charge in [0.05, 0.1) is 6.04 Å². The van der Waals surface area contributed by atoms with Crippen molar-refractivity contribution in [1.82, 2.24) is 0 Å². The third kappa shape index (κ3) is 1.07. The highest BCUT2D eigenvalue weighted by atomic mass is 14.8. The van der Waals surface area contributed by atoms with Gasteiger partial charge in [-0.1, -0.05) is 31.2 Å². The lowest BCUT2D eigenvalue weighted by Gasteiger charge is -2.23. The van der Waals surface area contributed by atoms with Gasteiger partial charge in [0.25, 0.3) is 0 Å². The van der Waals surface area contributed by atoms with Gasteiger partial charge >= 0.3 is 0 Å². The smallest absolute Gasteiger partial charge is 0.0808 e. The zero-order valence-corrected chi connectivity index (χ0v) is 6.57. The van der Waals surface area contributed by atoms with E-state index in [0.717, 1.165) is 0 Å². The molecule has 2 aliphatic rings. The largest absolute Gasteiger partial charge is 0.284 e. The molecule has 0 aromatic carbocycles.